The second-order valence-corrected chi connectivity index (χ2v) is 5.12. The van der Waals surface area contributed by atoms with Crippen molar-refractivity contribution in [2.45, 2.75) is 13.0 Å². The Balaban J connectivity index is 1.78. The van der Waals surface area contributed by atoms with Crippen molar-refractivity contribution in [3.8, 4) is 11.5 Å². The molecule has 0 aliphatic rings. The monoisotopic (exact) mass is 294 g/mol. The standard InChI is InChI=1S/C18H18N2O2/c1-22-16-8-6-14(7-9-16)12-18-19-10-11-20(18)13-15-4-2-3-5-17(15)21/h2-11,21H,12-13H2,1H3. The molecule has 0 amide bonds. The van der Waals surface area contributed by atoms with Crippen LogP contribution >= 0.6 is 0 Å². The van der Waals surface area contributed by atoms with Gasteiger partial charge in [-0.25, -0.2) is 4.98 Å². The van der Waals surface area contributed by atoms with Gasteiger partial charge in [-0.3, -0.25) is 0 Å². The van der Waals surface area contributed by atoms with E-state index in [9.17, 15) is 5.11 Å². The molecule has 22 heavy (non-hydrogen) atoms. The van der Waals surface area contributed by atoms with Gasteiger partial charge in [0.2, 0.25) is 0 Å². The molecule has 112 valence electrons. The molecule has 3 rings (SSSR count). The molecule has 0 fully saturated rings. The predicted molar refractivity (Wildman–Crippen MR) is 85.2 cm³/mol. The van der Waals surface area contributed by atoms with Crippen LogP contribution in [0.4, 0.5) is 0 Å². The van der Waals surface area contributed by atoms with E-state index in [4.69, 9.17) is 4.74 Å². The number of aromatic hydroxyl groups is 1. The number of hydrogen-bond acceptors (Lipinski definition) is 3. The highest BCUT2D eigenvalue weighted by Crippen LogP contribution is 2.19. The first-order valence-corrected chi connectivity index (χ1v) is 7.16. The summed E-state index contributed by atoms with van der Waals surface area (Å²) in [5.41, 5.74) is 2.06. The van der Waals surface area contributed by atoms with E-state index in [0.717, 1.165) is 23.6 Å². The summed E-state index contributed by atoms with van der Waals surface area (Å²) in [6.45, 7) is 0.609. The second-order valence-electron chi connectivity index (χ2n) is 5.12. The molecule has 0 aliphatic carbocycles. The van der Waals surface area contributed by atoms with Crippen LogP contribution in [0.5, 0.6) is 11.5 Å². The van der Waals surface area contributed by atoms with Crippen molar-refractivity contribution >= 4 is 0 Å². The summed E-state index contributed by atoms with van der Waals surface area (Å²) >= 11 is 0. The SMILES string of the molecule is COc1ccc(Cc2nccn2Cc2ccccc2O)cc1. The first kappa shape index (κ1) is 14.2. The summed E-state index contributed by atoms with van der Waals surface area (Å²) in [7, 11) is 1.66. The third-order valence-corrected chi connectivity index (χ3v) is 3.66. The van der Waals surface area contributed by atoms with Crippen molar-refractivity contribution in [2.75, 3.05) is 7.11 Å². The van der Waals surface area contributed by atoms with Crippen LogP contribution in [-0.2, 0) is 13.0 Å². The maximum Gasteiger partial charge on any atom is 0.120 e. The number of rotatable bonds is 5. The van der Waals surface area contributed by atoms with Gasteiger partial charge in [-0.1, -0.05) is 30.3 Å². The first-order chi connectivity index (χ1) is 10.8. The zero-order chi connectivity index (χ0) is 15.4. The number of benzene rings is 2. The fourth-order valence-electron chi connectivity index (χ4n) is 2.41. The Labute approximate surface area is 129 Å². The van der Waals surface area contributed by atoms with Crippen LogP contribution in [0.3, 0.4) is 0 Å². The summed E-state index contributed by atoms with van der Waals surface area (Å²) in [6, 6.07) is 15.4. The van der Waals surface area contributed by atoms with E-state index in [1.165, 1.54) is 5.56 Å². The van der Waals surface area contributed by atoms with Gasteiger partial charge >= 0.3 is 0 Å². The zero-order valence-electron chi connectivity index (χ0n) is 12.4. The number of imidazole rings is 1. The van der Waals surface area contributed by atoms with E-state index in [1.807, 2.05) is 48.7 Å². The molecular weight excluding hydrogens is 276 g/mol. The van der Waals surface area contributed by atoms with Crippen LogP contribution in [0.25, 0.3) is 0 Å². The predicted octanol–water partition coefficient (Wildman–Crippen LogP) is 3.24. The lowest BCUT2D eigenvalue weighted by Crippen LogP contribution is -2.05. The highest BCUT2D eigenvalue weighted by molar-refractivity contribution is 5.33. The average Bonchev–Trinajstić information content (AvgIpc) is 2.97. The lowest BCUT2D eigenvalue weighted by atomic mass is 10.1. The van der Waals surface area contributed by atoms with Gasteiger partial charge in [0.15, 0.2) is 0 Å². The molecule has 0 atom stereocenters. The summed E-state index contributed by atoms with van der Waals surface area (Å²) in [6.07, 6.45) is 4.47. The van der Waals surface area contributed by atoms with Crippen molar-refractivity contribution in [1.29, 1.82) is 0 Å². The number of methoxy groups -OCH3 is 1. The highest BCUT2D eigenvalue weighted by Gasteiger charge is 2.07. The topological polar surface area (TPSA) is 47.3 Å². The molecule has 0 radical (unpaired) electrons. The minimum atomic E-state index is 0.312. The molecule has 4 heteroatoms. The number of ether oxygens (including phenoxy) is 1. The molecule has 0 aliphatic heterocycles. The zero-order valence-corrected chi connectivity index (χ0v) is 12.4. The molecule has 1 aromatic heterocycles. The van der Waals surface area contributed by atoms with Gasteiger partial charge < -0.3 is 14.4 Å². The van der Waals surface area contributed by atoms with Gasteiger partial charge in [0, 0.05) is 24.4 Å². The van der Waals surface area contributed by atoms with Crippen molar-refractivity contribution in [3.05, 3.63) is 77.9 Å². The quantitative estimate of drug-likeness (QED) is 0.786. The Morgan fingerprint density at radius 1 is 1.09 bits per heavy atom. The van der Waals surface area contributed by atoms with Crippen molar-refractivity contribution in [2.24, 2.45) is 0 Å². The smallest absolute Gasteiger partial charge is 0.120 e. The summed E-state index contributed by atoms with van der Waals surface area (Å²) in [4.78, 5) is 4.43. The highest BCUT2D eigenvalue weighted by atomic mass is 16.5. The Morgan fingerprint density at radius 3 is 2.59 bits per heavy atom. The molecule has 2 aromatic carbocycles. The summed E-state index contributed by atoms with van der Waals surface area (Å²) < 4.78 is 7.23. The van der Waals surface area contributed by atoms with Gasteiger partial charge in [0.25, 0.3) is 0 Å². The third-order valence-electron chi connectivity index (χ3n) is 3.66. The Morgan fingerprint density at radius 2 is 1.86 bits per heavy atom. The van der Waals surface area contributed by atoms with Gasteiger partial charge in [-0.15, -0.1) is 0 Å². The van der Waals surface area contributed by atoms with E-state index in [0.29, 0.717) is 12.3 Å². The Kier molecular flexibility index (Phi) is 4.10. The molecule has 0 unspecified atom stereocenters. The van der Waals surface area contributed by atoms with Crippen molar-refractivity contribution in [3.63, 3.8) is 0 Å². The summed E-state index contributed by atoms with van der Waals surface area (Å²) in [5.74, 6) is 2.13. The van der Waals surface area contributed by atoms with Crippen LogP contribution in [0.1, 0.15) is 17.0 Å². The minimum absolute atomic E-state index is 0.312. The maximum absolute atomic E-state index is 9.90. The Bertz CT molecular complexity index is 748. The third kappa shape index (κ3) is 3.11. The minimum Gasteiger partial charge on any atom is -0.508 e. The molecule has 0 saturated carbocycles. The van der Waals surface area contributed by atoms with Crippen LogP contribution in [-0.4, -0.2) is 21.8 Å². The van der Waals surface area contributed by atoms with E-state index >= 15 is 0 Å². The number of phenols is 1. The van der Waals surface area contributed by atoms with E-state index < -0.39 is 0 Å². The van der Waals surface area contributed by atoms with Gasteiger partial charge in [-0.05, 0) is 23.8 Å². The van der Waals surface area contributed by atoms with Gasteiger partial charge in [0.1, 0.15) is 17.3 Å². The van der Waals surface area contributed by atoms with Crippen LogP contribution in [0.2, 0.25) is 0 Å². The molecule has 0 spiro atoms. The number of para-hydroxylation sites is 1. The number of phenolic OH excluding ortho intramolecular Hbond substituents is 1. The molecule has 3 aromatic rings. The second kappa shape index (κ2) is 6.35. The molecule has 1 N–H and O–H groups in total. The molecule has 0 saturated heterocycles. The van der Waals surface area contributed by atoms with Gasteiger partial charge in [-0.2, -0.15) is 0 Å². The number of hydrogen-bond donors (Lipinski definition) is 1. The molecule has 1 heterocycles. The van der Waals surface area contributed by atoms with Crippen LogP contribution in [0, 0.1) is 0 Å². The molecule has 0 bridgehead atoms. The average molecular weight is 294 g/mol. The fraction of sp³-hybridized carbons (Fsp3) is 0.167. The molecular formula is C18H18N2O2. The van der Waals surface area contributed by atoms with Crippen molar-refractivity contribution in [1.82, 2.24) is 9.55 Å². The van der Waals surface area contributed by atoms with Crippen LogP contribution < -0.4 is 4.74 Å². The van der Waals surface area contributed by atoms with Crippen molar-refractivity contribution < 1.29 is 9.84 Å². The van der Waals surface area contributed by atoms with Crippen LogP contribution in [0.15, 0.2) is 60.9 Å². The summed E-state index contributed by atoms with van der Waals surface area (Å²) in [5, 5.41) is 9.90. The molecule has 4 nitrogen and oxygen atoms in total. The van der Waals surface area contributed by atoms with E-state index in [-0.39, 0.29) is 0 Å². The Hall–Kier alpha value is -2.75. The normalized spacial score (nSPS) is 10.6. The fourth-order valence-corrected chi connectivity index (χ4v) is 2.41. The lowest BCUT2D eigenvalue weighted by Gasteiger charge is -2.10. The lowest BCUT2D eigenvalue weighted by molar-refractivity contribution is 0.414. The van der Waals surface area contributed by atoms with E-state index in [1.54, 1.807) is 19.4 Å². The van der Waals surface area contributed by atoms with Gasteiger partial charge in [0.05, 0.1) is 13.7 Å². The number of nitrogens with zero attached hydrogens (tertiary/aromatic N) is 2. The largest absolute Gasteiger partial charge is 0.508 e. The maximum atomic E-state index is 9.90. The first-order valence-electron chi connectivity index (χ1n) is 7.16. The van der Waals surface area contributed by atoms with E-state index in [2.05, 4.69) is 9.55 Å². The number of aromatic nitrogens is 2.